The van der Waals surface area contributed by atoms with E-state index in [0.717, 1.165) is 45.5 Å². The van der Waals surface area contributed by atoms with Crippen molar-refractivity contribution in [2.24, 2.45) is 5.73 Å². The first-order valence-corrected chi connectivity index (χ1v) is 6.83. The van der Waals surface area contributed by atoms with E-state index in [2.05, 4.69) is 29.2 Å². The first kappa shape index (κ1) is 13.5. The summed E-state index contributed by atoms with van der Waals surface area (Å²) in [6.45, 7) is 4.00. The van der Waals surface area contributed by atoms with E-state index >= 15 is 0 Å². The Bertz CT molecular complexity index is 367. The van der Waals surface area contributed by atoms with Crippen LogP contribution in [0.15, 0.2) is 24.3 Å². The number of methoxy groups -OCH3 is 1. The van der Waals surface area contributed by atoms with Crippen LogP contribution in [0.4, 0.5) is 0 Å². The molecule has 2 N–H and O–H groups in total. The van der Waals surface area contributed by atoms with Crippen LogP contribution in [0.1, 0.15) is 24.0 Å². The molecule has 0 fully saturated rings. The highest BCUT2D eigenvalue weighted by molar-refractivity contribution is 5.29. The summed E-state index contributed by atoms with van der Waals surface area (Å²) in [5.74, 6) is 0. The highest BCUT2D eigenvalue weighted by atomic mass is 16.5. The molecule has 0 saturated heterocycles. The second kappa shape index (κ2) is 6.88. The van der Waals surface area contributed by atoms with Crippen LogP contribution >= 0.6 is 0 Å². The van der Waals surface area contributed by atoms with Crippen LogP contribution in [0.2, 0.25) is 0 Å². The third-order valence-electron chi connectivity index (χ3n) is 3.63. The van der Waals surface area contributed by atoms with E-state index in [9.17, 15) is 0 Å². The lowest BCUT2D eigenvalue weighted by Gasteiger charge is -2.30. The molecule has 0 aromatic heterocycles. The number of ether oxygens (including phenoxy) is 1. The number of hydrogen-bond donors (Lipinski definition) is 1. The van der Waals surface area contributed by atoms with Crippen molar-refractivity contribution in [1.82, 2.24) is 4.90 Å². The van der Waals surface area contributed by atoms with Crippen molar-refractivity contribution in [3.63, 3.8) is 0 Å². The molecule has 1 aliphatic heterocycles. The Balaban J connectivity index is 1.79. The first-order chi connectivity index (χ1) is 8.79. The Morgan fingerprint density at radius 3 is 2.89 bits per heavy atom. The fourth-order valence-electron chi connectivity index (χ4n) is 2.62. The zero-order chi connectivity index (χ0) is 12.8. The molecule has 3 nitrogen and oxygen atoms in total. The quantitative estimate of drug-likeness (QED) is 0.780. The van der Waals surface area contributed by atoms with Crippen molar-refractivity contribution in [3.8, 4) is 0 Å². The molecule has 1 aliphatic rings. The smallest absolute Gasteiger partial charge is 0.0462 e. The van der Waals surface area contributed by atoms with Gasteiger partial charge in [0.1, 0.15) is 0 Å². The van der Waals surface area contributed by atoms with E-state index < -0.39 is 0 Å². The number of rotatable bonds is 6. The Hall–Kier alpha value is -0.900. The topological polar surface area (TPSA) is 38.5 Å². The molecule has 100 valence electrons. The minimum absolute atomic E-state index is 0.269. The second-order valence-corrected chi connectivity index (χ2v) is 5.15. The van der Waals surface area contributed by atoms with Crippen molar-refractivity contribution in [2.75, 3.05) is 26.8 Å². The SMILES string of the molecule is COCCCC(N)CN1CCc2ccccc2C1. The number of fused-ring (bicyclic) bond motifs is 1. The van der Waals surface area contributed by atoms with Crippen molar-refractivity contribution >= 4 is 0 Å². The molecule has 0 saturated carbocycles. The Morgan fingerprint density at radius 2 is 2.11 bits per heavy atom. The number of hydrogen-bond acceptors (Lipinski definition) is 3. The van der Waals surface area contributed by atoms with Gasteiger partial charge in [-0.1, -0.05) is 24.3 Å². The summed E-state index contributed by atoms with van der Waals surface area (Å²) >= 11 is 0. The van der Waals surface area contributed by atoms with Gasteiger partial charge in [0.25, 0.3) is 0 Å². The van der Waals surface area contributed by atoms with Crippen LogP contribution in [0.5, 0.6) is 0 Å². The molecule has 18 heavy (non-hydrogen) atoms. The average molecular weight is 248 g/mol. The minimum Gasteiger partial charge on any atom is -0.385 e. The maximum absolute atomic E-state index is 6.17. The number of benzene rings is 1. The van der Waals surface area contributed by atoms with Crippen LogP contribution in [0, 0.1) is 0 Å². The summed E-state index contributed by atoms with van der Waals surface area (Å²) < 4.78 is 5.06. The predicted molar refractivity (Wildman–Crippen MR) is 74.5 cm³/mol. The Labute approximate surface area is 110 Å². The lowest BCUT2D eigenvalue weighted by atomic mass is 9.99. The van der Waals surface area contributed by atoms with E-state index in [0.29, 0.717) is 0 Å². The van der Waals surface area contributed by atoms with E-state index in [4.69, 9.17) is 10.5 Å². The first-order valence-electron chi connectivity index (χ1n) is 6.83. The summed E-state index contributed by atoms with van der Waals surface area (Å²) in [4.78, 5) is 2.47. The van der Waals surface area contributed by atoms with Gasteiger partial charge >= 0.3 is 0 Å². The third-order valence-corrected chi connectivity index (χ3v) is 3.63. The normalized spacial score (nSPS) is 17.4. The molecule has 2 rings (SSSR count). The zero-order valence-electron chi connectivity index (χ0n) is 11.3. The maximum Gasteiger partial charge on any atom is 0.0462 e. The predicted octanol–water partition coefficient (Wildman–Crippen LogP) is 1.80. The van der Waals surface area contributed by atoms with Crippen molar-refractivity contribution in [2.45, 2.75) is 31.8 Å². The molecule has 1 aromatic carbocycles. The van der Waals surface area contributed by atoms with Gasteiger partial charge in [0.2, 0.25) is 0 Å². The van der Waals surface area contributed by atoms with Crippen molar-refractivity contribution in [1.29, 1.82) is 0 Å². The average Bonchev–Trinajstić information content (AvgIpc) is 2.39. The molecule has 1 aromatic rings. The Kier molecular flexibility index (Phi) is 5.17. The summed E-state index contributed by atoms with van der Waals surface area (Å²) in [6.07, 6.45) is 3.26. The number of nitrogens with zero attached hydrogens (tertiary/aromatic N) is 1. The van der Waals surface area contributed by atoms with Gasteiger partial charge in [0.15, 0.2) is 0 Å². The standard InChI is InChI=1S/C15H24N2O/c1-18-10-4-7-15(16)12-17-9-8-13-5-2-3-6-14(13)11-17/h2-3,5-6,15H,4,7-12,16H2,1H3. The zero-order valence-corrected chi connectivity index (χ0v) is 11.3. The van der Waals surface area contributed by atoms with E-state index in [1.54, 1.807) is 7.11 Å². The second-order valence-electron chi connectivity index (χ2n) is 5.15. The maximum atomic E-state index is 6.17. The number of nitrogens with two attached hydrogens (primary N) is 1. The monoisotopic (exact) mass is 248 g/mol. The van der Waals surface area contributed by atoms with E-state index in [1.165, 1.54) is 11.1 Å². The van der Waals surface area contributed by atoms with Gasteiger partial charge in [-0.2, -0.15) is 0 Å². The summed E-state index contributed by atoms with van der Waals surface area (Å²) in [5, 5.41) is 0. The van der Waals surface area contributed by atoms with E-state index in [1.807, 2.05) is 0 Å². The van der Waals surface area contributed by atoms with Gasteiger partial charge in [0, 0.05) is 39.4 Å². The molecular weight excluding hydrogens is 224 g/mol. The van der Waals surface area contributed by atoms with Crippen molar-refractivity contribution in [3.05, 3.63) is 35.4 Å². The molecule has 1 unspecified atom stereocenters. The van der Waals surface area contributed by atoms with Crippen molar-refractivity contribution < 1.29 is 4.74 Å². The lowest BCUT2D eigenvalue weighted by molar-refractivity contribution is 0.183. The Morgan fingerprint density at radius 1 is 1.33 bits per heavy atom. The van der Waals surface area contributed by atoms with Gasteiger partial charge in [-0.05, 0) is 30.4 Å². The minimum atomic E-state index is 0.269. The van der Waals surface area contributed by atoms with Gasteiger partial charge in [0.05, 0.1) is 0 Å². The molecule has 0 aliphatic carbocycles. The van der Waals surface area contributed by atoms with Crippen LogP contribution < -0.4 is 5.73 Å². The fraction of sp³-hybridized carbons (Fsp3) is 0.600. The highest BCUT2D eigenvalue weighted by Gasteiger charge is 2.17. The van der Waals surface area contributed by atoms with Crippen LogP contribution in [0.3, 0.4) is 0 Å². The van der Waals surface area contributed by atoms with Gasteiger partial charge in [-0.15, -0.1) is 0 Å². The van der Waals surface area contributed by atoms with Gasteiger partial charge < -0.3 is 10.5 Å². The molecule has 3 heteroatoms. The fourth-order valence-corrected chi connectivity index (χ4v) is 2.62. The van der Waals surface area contributed by atoms with Gasteiger partial charge in [-0.25, -0.2) is 0 Å². The van der Waals surface area contributed by atoms with Gasteiger partial charge in [-0.3, -0.25) is 4.90 Å². The lowest BCUT2D eigenvalue weighted by Crippen LogP contribution is -2.40. The summed E-state index contributed by atoms with van der Waals surface area (Å²) in [5.41, 5.74) is 9.14. The van der Waals surface area contributed by atoms with Crippen LogP contribution in [-0.2, 0) is 17.7 Å². The highest BCUT2D eigenvalue weighted by Crippen LogP contribution is 2.18. The molecule has 0 amide bonds. The van der Waals surface area contributed by atoms with Crippen LogP contribution in [-0.4, -0.2) is 37.7 Å². The molecule has 1 heterocycles. The molecule has 0 spiro atoms. The molecule has 0 bridgehead atoms. The van der Waals surface area contributed by atoms with Crippen LogP contribution in [0.25, 0.3) is 0 Å². The largest absolute Gasteiger partial charge is 0.385 e. The summed E-state index contributed by atoms with van der Waals surface area (Å²) in [6, 6.07) is 9.00. The summed E-state index contributed by atoms with van der Waals surface area (Å²) in [7, 11) is 1.74. The molecular formula is C15H24N2O. The van der Waals surface area contributed by atoms with E-state index in [-0.39, 0.29) is 6.04 Å². The third kappa shape index (κ3) is 3.80. The molecule has 1 atom stereocenters. The molecule has 0 radical (unpaired) electrons.